The van der Waals surface area contributed by atoms with Gasteiger partial charge in [-0.25, -0.2) is 0 Å². The van der Waals surface area contributed by atoms with E-state index in [4.69, 9.17) is 14.2 Å². The number of methoxy groups -OCH3 is 1. The molecule has 0 saturated heterocycles. The van der Waals surface area contributed by atoms with Crippen LogP contribution in [0, 0.1) is 0 Å². The first kappa shape index (κ1) is 14.0. The van der Waals surface area contributed by atoms with E-state index in [-0.39, 0.29) is 25.2 Å². The fraction of sp³-hybridized carbons (Fsp3) is 0.385. The molecule has 5 heteroatoms. The van der Waals surface area contributed by atoms with Gasteiger partial charge in [-0.15, -0.1) is 0 Å². The topological polar surface area (TPSA) is 61.8 Å². The van der Waals surface area contributed by atoms with E-state index in [0.717, 1.165) is 11.1 Å². The molecule has 0 bridgehead atoms. The Labute approximate surface area is 106 Å². The molecule has 0 aromatic heterocycles. The number of carbonyl (C=O) groups is 2. The molecule has 1 aromatic carbocycles. The second-order valence-corrected chi connectivity index (χ2v) is 3.71. The molecule has 0 heterocycles. The van der Waals surface area contributed by atoms with Crippen molar-refractivity contribution in [3.8, 4) is 5.75 Å². The molecule has 0 aliphatic heterocycles. The quantitative estimate of drug-likeness (QED) is 0.748. The van der Waals surface area contributed by atoms with Gasteiger partial charge < -0.3 is 14.2 Å². The zero-order valence-electron chi connectivity index (χ0n) is 10.7. The molecule has 0 N–H and O–H groups in total. The summed E-state index contributed by atoms with van der Waals surface area (Å²) in [7, 11) is 1.54. The molecule has 1 aromatic rings. The van der Waals surface area contributed by atoms with Crippen molar-refractivity contribution < 1.29 is 23.8 Å². The monoisotopic (exact) mass is 252 g/mol. The number of esters is 2. The van der Waals surface area contributed by atoms with Crippen LogP contribution in [0.4, 0.5) is 0 Å². The molecule has 98 valence electrons. The summed E-state index contributed by atoms with van der Waals surface area (Å²) < 4.78 is 15.0. The van der Waals surface area contributed by atoms with Crippen molar-refractivity contribution in [3.63, 3.8) is 0 Å². The second kappa shape index (κ2) is 6.64. The molecule has 0 unspecified atom stereocenters. The van der Waals surface area contributed by atoms with E-state index >= 15 is 0 Å². The first-order chi connectivity index (χ1) is 8.52. The molecule has 0 saturated carbocycles. The molecule has 0 aliphatic rings. The molecule has 0 spiro atoms. The van der Waals surface area contributed by atoms with Crippen LogP contribution in [0.1, 0.15) is 25.0 Å². The Balaban J connectivity index is 2.80. The van der Waals surface area contributed by atoms with Crippen LogP contribution in [-0.4, -0.2) is 19.0 Å². The van der Waals surface area contributed by atoms with Crippen molar-refractivity contribution in [2.24, 2.45) is 0 Å². The van der Waals surface area contributed by atoms with Crippen molar-refractivity contribution in [1.29, 1.82) is 0 Å². The third-order valence-corrected chi connectivity index (χ3v) is 2.22. The standard InChI is InChI=1S/C13H16O5/c1-9(14)17-7-11-4-5-13(16-3)12(6-11)8-18-10(2)15/h4-6H,7-8H2,1-3H3. The lowest BCUT2D eigenvalue weighted by molar-refractivity contribution is -0.143. The lowest BCUT2D eigenvalue weighted by Gasteiger charge is -2.10. The molecule has 5 nitrogen and oxygen atoms in total. The van der Waals surface area contributed by atoms with Crippen LogP contribution < -0.4 is 4.74 Å². The second-order valence-electron chi connectivity index (χ2n) is 3.71. The van der Waals surface area contributed by atoms with E-state index in [0.29, 0.717) is 5.75 Å². The summed E-state index contributed by atoms with van der Waals surface area (Å²) in [6.07, 6.45) is 0. The zero-order chi connectivity index (χ0) is 13.5. The maximum Gasteiger partial charge on any atom is 0.302 e. The smallest absolute Gasteiger partial charge is 0.302 e. The van der Waals surface area contributed by atoms with Crippen LogP contribution in [0.2, 0.25) is 0 Å². The maximum absolute atomic E-state index is 10.8. The summed E-state index contributed by atoms with van der Waals surface area (Å²) in [6, 6.07) is 5.32. The van der Waals surface area contributed by atoms with Gasteiger partial charge in [-0.05, 0) is 17.7 Å². The van der Waals surface area contributed by atoms with Gasteiger partial charge in [0.1, 0.15) is 19.0 Å². The number of benzene rings is 1. The Bertz CT molecular complexity index is 439. The van der Waals surface area contributed by atoms with Crippen LogP contribution in [0.15, 0.2) is 18.2 Å². The number of hydrogen-bond donors (Lipinski definition) is 0. The molecule has 0 aliphatic carbocycles. The first-order valence-electron chi connectivity index (χ1n) is 5.45. The van der Waals surface area contributed by atoms with Crippen molar-refractivity contribution >= 4 is 11.9 Å². The van der Waals surface area contributed by atoms with Crippen molar-refractivity contribution in [2.75, 3.05) is 7.11 Å². The minimum Gasteiger partial charge on any atom is -0.496 e. The summed E-state index contributed by atoms with van der Waals surface area (Å²) in [5, 5.41) is 0. The lowest BCUT2D eigenvalue weighted by Crippen LogP contribution is -2.03. The van der Waals surface area contributed by atoms with Crippen molar-refractivity contribution in [1.82, 2.24) is 0 Å². The highest BCUT2D eigenvalue weighted by Gasteiger charge is 2.07. The number of ether oxygens (including phenoxy) is 3. The normalized spacial score (nSPS) is 9.72. The predicted molar refractivity (Wildman–Crippen MR) is 63.9 cm³/mol. The fourth-order valence-corrected chi connectivity index (χ4v) is 1.40. The molecule has 0 atom stereocenters. The SMILES string of the molecule is COc1ccc(COC(C)=O)cc1COC(C)=O. The van der Waals surface area contributed by atoms with E-state index in [1.165, 1.54) is 13.8 Å². The Morgan fingerprint density at radius 1 is 1.06 bits per heavy atom. The van der Waals surface area contributed by atoms with Crippen LogP contribution in [-0.2, 0) is 32.3 Å². The summed E-state index contributed by atoms with van der Waals surface area (Å²) in [4.78, 5) is 21.5. The Morgan fingerprint density at radius 2 is 1.67 bits per heavy atom. The minimum atomic E-state index is -0.359. The van der Waals surface area contributed by atoms with Gasteiger partial charge in [0, 0.05) is 19.4 Å². The average Bonchev–Trinajstić information content (AvgIpc) is 2.33. The highest BCUT2D eigenvalue weighted by molar-refractivity contribution is 5.66. The largest absolute Gasteiger partial charge is 0.496 e. The van der Waals surface area contributed by atoms with E-state index in [2.05, 4.69) is 0 Å². The summed E-state index contributed by atoms with van der Waals surface area (Å²) in [6.45, 7) is 3.01. The predicted octanol–water partition coefficient (Wildman–Crippen LogP) is 1.82. The van der Waals surface area contributed by atoms with Crippen LogP contribution in [0.25, 0.3) is 0 Å². The molecule has 1 rings (SSSR count). The fourth-order valence-electron chi connectivity index (χ4n) is 1.40. The number of rotatable bonds is 5. The van der Waals surface area contributed by atoms with Gasteiger partial charge in [-0.3, -0.25) is 9.59 Å². The van der Waals surface area contributed by atoms with Gasteiger partial charge in [0.05, 0.1) is 7.11 Å². The molecule has 0 amide bonds. The molecule has 0 fully saturated rings. The Morgan fingerprint density at radius 3 is 2.22 bits per heavy atom. The third-order valence-electron chi connectivity index (χ3n) is 2.22. The maximum atomic E-state index is 10.8. The van der Waals surface area contributed by atoms with Gasteiger partial charge in [0.15, 0.2) is 0 Å². The summed E-state index contributed by atoms with van der Waals surface area (Å²) in [5.74, 6) is -0.0716. The molecular weight excluding hydrogens is 236 g/mol. The van der Waals surface area contributed by atoms with E-state index in [1.807, 2.05) is 0 Å². The zero-order valence-corrected chi connectivity index (χ0v) is 10.7. The number of hydrogen-bond acceptors (Lipinski definition) is 5. The van der Waals surface area contributed by atoms with Crippen molar-refractivity contribution in [2.45, 2.75) is 27.1 Å². The van der Waals surface area contributed by atoms with Gasteiger partial charge in [0.2, 0.25) is 0 Å². The highest BCUT2D eigenvalue weighted by atomic mass is 16.5. The molecule has 18 heavy (non-hydrogen) atoms. The first-order valence-corrected chi connectivity index (χ1v) is 5.45. The van der Waals surface area contributed by atoms with Gasteiger partial charge in [0.25, 0.3) is 0 Å². The van der Waals surface area contributed by atoms with Gasteiger partial charge in [-0.2, -0.15) is 0 Å². The average molecular weight is 252 g/mol. The van der Waals surface area contributed by atoms with Gasteiger partial charge in [-0.1, -0.05) is 6.07 Å². The molecule has 0 radical (unpaired) electrons. The van der Waals surface area contributed by atoms with Crippen LogP contribution in [0.3, 0.4) is 0 Å². The minimum absolute atomic E-state index is 0.131. The van der Waals surface area contributed by atoms with E-state index < -0.39 is 0 Å². The highest BCUT2D eigenvalue weighted by Crippen LogP contribution is 2.21. The number of carbonyl (C=O) groups excluding carboxylic acids is 2. The summed E-state index contributed by atoms with van der Waals surface area (Å²) >= 11 is 0. The Kier molecular flexibility index (Phi) is 5.17. The van der Waals surface area contributed by atoms with Gasteiger partial charge >= 0.3 is 11.9 Å². The van der Waals surface area contributed by atoms with Crippen LogP contribution >= 0.6 is 0 Å². The third kappa shape index (κ3) is 4.45. The van der Waals surface area contributed by atoms with Crippen LogP contribution in [0.5, 0.6) is 5.75 Å². The molecular formula is C13H16O5. The van der Waals surface area contributed by atoms with E-state index in [1.54, 1.807) is 25.3 Å². The van der Waals surface area contributed by atoms with Crippen molar-refractivity contribution in [3.05, 3.63) is 29.3 Å². The Hall–Kier alpha value is -2.04. The lowest BCUT2D eigenvalue weighted by atomic mass is 10.1. The summed E-state index contributed by atoms with van der Waals surface area (Å²) in [5.41, 5.74) is 1.55. The van der Waals surface area contributed by atoms with E-state index in [9.17, 15) is 9.59 Å².